The second-order valence-electron chi connectivity index (χ2n) is 7.17. The first kappa shape index (κ1) is 20.6. The molecule has 158 valence electrons. The molecule has 1 unspecified atom stereocenters. The van der Waals surface area contributed by atoms with Crippen LogP contribution < -0.4 is 15.5 Å². The summed E-state index contributed by atoms with van der Waals surface area (Å²) >= 11 is 5.97. The standard InChI is InChI=1S/C21H23ClN4O4/c22-15-5-7-16(8-6-15)26-20(28)24-18-4-2-1-3-17(18)21(26,29)19(27)23-9-10-25-11-13-30-14-12-25/h1-8,29H,9-14H2,(H,23,27)(H,24,28). The fourth-order valence-corrected chi connectivity index (χ4v) is 3.85. The summed E-state index contributed by atoms with van der Waals surface area (Å²) in [6, 6.07) is 12.5. The number of hydrogen-bond acceptors (Lipinski definition) is 5. The smallest absolute Gasteiger partial charge is 0.329 e. The molecule has 2 heterocycles. The van der Waals surface area contributed by atoms with E-state index >= 15 is 0 Å². The minimum Gasteiger partial charge on any atom is -0.379 e. The summed E-state index contributed by atoms with van der Waals surface area (Å²) in [5.74, 6) is -0.673. The zero-order valence-corrected chi connectivity index (χ0v) is 17.1. The Morgan fingerprint density at radius 2 is 1.87 bits per heavy atom. The summed E-state index contributed by atoms with van der Waals surface area (Å²) < 4.78 is 5.33. The molecule has 2 aliphatic heterocycles. The van der Waals surface area contributed by atoms with E-state index in [-0.39, 0.29) is 0 Å². The van der Waals surface area contributed by atoms with E-state index in [0.717, 1.165) is 18.0 Å². The average Bonchev–Trinajstić information content (AvgIpc) is 2.75. The van der Waals surface area contributed by atoms with Crippen LogP contribution >= 0.6 is 11.6 Å². The van der Waals surface area contributed by atoms with Gasteiger partial charge in [0.15, 0.2) is 0 Å². The number of carbonyl (C=O) groups excluding carboxylic acids is 2. The Kier molecular flexibility index (Phi) is 5.92. The van der Waals surface area contributed by atoms with Crippen molar-refractivity contribution in [1.29, 1.82) is 0 Å². The van der Waals surface area contributed by atoms with Crippen molar-refractivity contribution in [3.63, 3.8) is 0 Å². The molecule has 4 rings (SSSR count). The average molecular weight is 431 g/mol. The molecule has 0 aliphatic carbocycles. The number of halogens is 1. The predicted molar refractivity (Wildman–Crippen MR) is 114 cm³/mol. The summed E-state index contributed by atoms with van der Waals surface area (Å²) in [4.78, 5) is 29.4. The number of para-hydroxylation sites is 1. The van der Waals surface area contributed by atoms with E-state index in [1.54, 1.807) is 48.5 Å². The number of fused-ring (bicyclic) bond motifs is 1. The number of hydrogen-bond donors (Lipinski definition) is 3. The molecule has 2 aromatic rings. The van der Waals surface area contributed by atoms with Crippen molar-refractivity contribution < 1.29 is 19.4 Å². The third-order valence-electron chi connectivity index (χ3n) is 5.29. The topological polar surface area (TPSA) is 94.1 Å². The van der Waals surface area contributed by atoms with Gasteiger partial charge in [-0.05, 0) is 30.3 Å². The van der Waals surface area contributed by atoms with E-state index in [1.807, 2.05) is 0 Å². The molecule has 0 bridgehead atoms. The highest BCUT2D eigenvalue weighted by Gasteiger charge is 2.51. The molecule has 1 fully saturated rings. The zero-order valence-electron chi connectivity index (χ0n) is 16.3. The Labute approximate surface area is 179 Å². The summed E-state index contributed by atoms with van der Waals surface area (Å²) in [6.45, 7) is 3.87. The van der Waals surface area contributed by atoms with Gasteiger partial charge in [-0.15, -0.1) is 0 Å². The van der Waals surface area contributed by atoms with Crippen LogP contribution in [0.1, 0.15) is 5.56 Å². The number of urea groups is 1. The monoisotopic (exact) mass is 430 g/mol. The van der Waals surface area contributed by atoms with Crippen LogP contribution in [0, 0.1) is 0 Å². The van der Waals surface area contributed by atoms with Crippen LogP contribution in [0.2, 0.25) is 5.02 Å². The highest BCUT2D eigenvalue weighted by atomic mass is 35.5. The van der Waals surface area contributed by atoms with E-state index in [2.05, 4.69) is 15.5 Å². The number of carbonyl (C=O) groups is 2. The van der Waals surface area contributed by atoms with Gasteiger partial charge in [0.2, 0.25) is 0 Å². The Balaban J connectivity index is 1.63. The maximum Gasteiger partial charge on any atom is 0.329 e. The van der Waals surface area contributed by atoms with Gasteiger partial charge in [-0.25, -0.2) is 4.79 Å². The molecule has 1 saturated heterocycles. The Hall–Kier alpha value is -2.65. The predicted octanol–water partition coefficient (Wildman–Crippen LogP) is 1.99. The van der Waals surface area contributed by atoms with Crippen molar-refractivity contribution >= 4 is 34.9 Å². The Bertz CT molecular complexity index is 933. The van der Waals surface area contributed by atoms with E-state index in [1.165, 1.54) is 0 Å². The number of amides is 3. The van der Waals surface area contributed by atoms with Crippen LogP contribution in [-0.2, 0) is 15.3 Å². The van der Waals surface area contributed by atoms with Crippen molar-refractivity contribution in [3.05, 3.63) is 59.1 Å². The van der Waals surface area contributed by atoms with Crippen LogP contribution in [0.4, 0.5) is 16.2 Å². The van der Waals surface area contributed by atoms with E-state index in [9.17, 15) is 14.7 Å². The number of benzene rings is 2. The second kappa shape index (κ2) is 8.61. The largest absolute Gasteiger partial charge is 0.379 e. The third kappa shape index (κ3) is 3.87. The maximum atomic E-state index is 13.3. The summed E-state index contributed by atoms with van der Waals surface area (Å²) in [5.41, 5.74) is -1.18. The van der Waals surface area contributed by atoms with Crippen LogP contribution in [0.15, 0.2) is 48.5 Å². The molecule has 0 aromatic heterocycles. The lowest BCUT2D eigenvalue weighted by atomic mass is 9.95. The van der Waals surface area contributed by atoms with Crippen molar-refractivity contribution in [2.75, 3.05) is 49.6 Å². The van der Waals surface area contributed by atoms with Gasteiger partial charge in [-0.2, -0.15) is 0 Å². The van der Waals surface area contributed by atoms with Gasteiger partial charge in [-0.3, -0.25) is 14.6 Å². The lowest BCUT2D eigenvalue weighted by Crippen LogP contribution is -2.63. The number of aliphatic hydroxyl groups is 1. The van der Waals surface area contributed by atoms with Gasteiger partial charge in [0.25, 0.3) is 11.6 Å². The van der Waals surface area contributed by atoms with E-state index in [4.69, 9.17) is 16.3 Å². The maximum absolute atomic E-state index is 13.3. The van der Waals surface area contributed by atoms with E-state index < -0.39 is 17.7 Å². The Morgan fingerprint density at radius 3 is 2.60 bits per heavy atom. The Morgan fingerprint density at radius 1 is 1.17 bits per heavy atom. The molecule has 8 nitrogen and oxygen atoms in total. The minimum absolute atomic E-state index is 0.295. The van der Waals surface area contributed by atoms with Gasteiger partial charge in [-0.1, -0.05) is 29.8 Å². The fourth-order valence-electron chi connectivity index (χ4n) is 3.73. The number of nitrogens with zero attached hydrogens (tertiary/aromatic N) is 2. The second-order valence-corrected chi connectivity index (χ2v) is 7.61. The number of nitrogens with one attached hydrogen (secondary N) is 2. The summed E-state index contributed by atoms with van der Waals surface area (Å²) in [7, 11) is 0. The van der Waals surface area contributed by atoms with Crippen LogP contribution in [0.5, 0.6) is 0 Å². The number of ether oxygens (including phenoxy) is 1. The van der Waals surface area contributed by atoms with E-state index in [0.29, 0.717) is 48.3 Å². The normalized spacial score (nSPS) is 21.7. The molecule has 0 spiro atoms. The van der Waals surface area contributed by atoms with Gasteiger partial charge in [0, 0.05) is 42.5 Å². The molecular formula is C21H23ClN4O4. The zero-order chi connectivity index (χ0) is 21.1. The van der Waals surface area contributed by atoms with Gasteiger partial charge in [0.05, 0.1) is 18.9 Å². The first-order valence-corrected chi connectivity index (χ1v) is 10.1. The first-order valence-electron chi connectivity index (χ1n) is 9.77. The first-order chi connectivity index (χ1) is 14.5. The van der Waals surface area contributed by atoms with Crippen molar-refractivity contribution in [2.45, 2.75) is 5.72 Å². The van der Waals surface area contributed by atoms with Crippen molar-refractivity contribution in [1.82, 2.24) is 10.2 Å². The molecule has 2 aromatic carbocycles. The molecular weight excluding hydrogens is 408 g/mol. The number of rotatable bonds is 5. The van der Waals surface area contributed by atoms with Crippen LogP contribution in [-0.4, -0.2) is 61.3 Å². The van der Waals surface area contributed by atoms with Gasteiger partial charge in [0.1, 0.15) is 0 Å². The lowest BCUT2D eigenvalue weighted by Gasteiger charge is -2.42. The number of anilines is 2. The lowest BCUT2D eigenvalue weighted by molar-refractivity contribution is -0.140. The molecule has 0 saturated carbocycles. The highest BCUT2D eigenvalue weighted by molar-refractivity contribution is 6.30. The van der Waals surface area contributed by atoms with Crippen molar-refractivity contribution in [2.24, 2.45) is 0 Å². The molecule has 3 amide bonds. The van der Waals surface area contributed by atoms with Gasteiger partial charge < -0.3 is 20.5 Å². The SMILES string of the molecule is O=C1Nc2ccccc2C(O)(C(=O)NCCN2CCOCC2)N1c1ccc(Cl)cc1. The minimum atomic E-state index is -2.21. The molecule has 0 radical (unpaired) electrons. The third-order valence-corrected chi connectivity index (χ3v) is 5.54. The van der Waals surface area contributed by atoms with Crippen LogP contribution in [0.3, 0.4) is 0 Å². The fraction of sp³-hybridized carbons (Fsp3) is 0.333. The summed E-state index contributed by atoms with van der Waals surface area (Å²) in [6.07, 6.45) is 0. The van der Waals surface area contributed by atoms with Crippen molar-refractivity contribution in [3.8, 4) is 0 Å². The quantitative estimate of drug-likeness (QED) is 0.674. The highest BCUT2D eigenvalue weighted by Crippen LogP contribution is 2.39. The molecule has 30 heavy (non-hydrogen) atoms. The number of morpholine rings is 1. The molecule has 9 heteroatoms. The van der Waals surface area contributed by atoms with Gasteiger partial charge >= 0.3 is 6.03 Å². The molecule has 1 atom stereocenters. The molecule has 2 aliphatic rings. The van der Waals surface area contributed by atoms with Crippen LogP contribution in [0.25, 0.3) is 0 Å². The molecule has 3 N–H and O–H groups in total. The summed E-state index contributed by atoms with van der Waals surface area (Å²) in [5, 5.41) is 17.7.